The molecule has 4 aromatic heterocycles. The lowest BCUT2D eigenvalue weighted by Crippen LogP contribution is -2.00. The highest BCUT2D eigenvalue weighted by Gasteiger charge is 2.26. The van der Waals surface area contributed by atoms with E-state index < -0.39 is 0 Å². The lowest BCUT2D eigenvalue weighted by atomic mass is 9.87. The number of pyridine rings is 1. The van der Waals surface area contributed by atoms with E-state index in [1.165, 1.54) is 69.4 Å². The van der Waals surface area contributed by atoms with Crippen molar-refractivity contribution in [2.24, 2.45) is 0 Å². The third-order valence-corrected chi connectivity index (χ3v) is 12.9. The number of thiophene rings is 1. The van der Waals surface area contributed by atoms with Crippen molar-refractivity contribution in [3.05, 3.63) is 187 Å². The maximum absolute atomic E-state index is 5.16. The van der Waals surface area contributed by atoms with Crippen LogP contribution in [0.25, 0.3) is 110 Å². The summed E-state index contributed by atoms with van der Waals surface area (Å²) in [6, 6.07) is 58.2. The summed E-state index contributed by atoms with van der Waals surface area (Å²) in [5.74, 6) is 0.701. The van der Waals surface area contributed by atoms with Crippen LogP contribution in [0.2, 0.25) is 0 Å². The van der Waals surface area contributed by atoms with Crippen LogP contribution >= 0.6 is 11.3 Å². The minimum atomic E-state index is 0.701. The fourth-order valence-electron chi connectivity index (χ4n) is 9.14. The van der Waals surface area contributed by atoms with E-state index in [4.69, 9.17) is 15.0 Å². The molecule has 12 rings (SSSR count). The first-order valence-electron chi connectivity index (χ1n) is 19.8. The zero-order valence-corrected chi connectivity index (χ0v) is 32.2. The lowest BCUT2D eigenvalue weighted by Gasteiger charge is -2.17. The average molecular weight is 759 g/mol. The van der Waals surface area contributed by atoms with Crippen LogP contribution in [0.4, 0.5) is 0 Å². The molecular formula is C53H34N4S. The quantitative estimate of drug-likeness (QED) is 0.176. The molecule has 58 heavy (non-hydrogen) atoms. The van der Waals surface area contributed by atoms with Crippen molar-refractivity contribution in [3.63, 3.8) is 0 Å². The lowest BCUT2D eigenvalue weighted by molar-refractivity contribution is 1.00. The van der Waals surface area contributed by atoms with Gasteiger partial charge in [-0.25, -0.2) is 9.97 Å². The second kappa shape index (κ2) is 13.2. The first kappa shape index (κ1) is 33.0. The number of hydrogen-bond donors (Lipinski definition) is 0. The van der Waals surface area contributed by atoms with Gasteiger partial charge in [-0.05, 0) is 84.0 Å². The monoisotopic (exact) mass is 758 g/mol. The summed E-state index contributed by atoms with van der Waals surface area (Å²) in [5, 5.41) is 7.66. The normalized spacial score (nSPS) is 12.6. The molecular weight excluding hydrogens is 725 g/mol. The van der Waals surface area contributed by atoms with E-state index in [0.717, 1.165) is 52.3 Å². The van der Waals surface area contributed by atoms with Gasteiger partial charge in [0.05, 0.1) is 32.8 Å². The minimum absolute atomic E-state index is 0.701. The van der Waals surface area contributed by atoms with Gasteiger partial charge in [0.2, 0.25) is 0 Å². The van der Waals surface area contributed by atoms with Crippen molar-refractivity contribution in [2.75, 3.05) is 0 Å². The molecule has 1 aliphatic carbocycles. The molecule has 0 radical (unpaired) electrons. The standard InChI is InChI=1S/C53H34N4S/c1-3-15-33(16-4-1)45-32-46(34-17-5-2-6-18-34)56-53(55-45)35-26-28-36(29-27-35)57-50-40-22-10-8-20-38(40)37-19-7-9-21-39(37)48(50)43-31-42(44-24-13-14-30-54-44)49-41-23-11-12-25-47(41)58-52(49)51(43)57/h1-8,10-20,22-32H,9,21H2. The number of aromatic nitrogens is 4. The predicted molar refractivity (Wildman–Crippen MR) is 244 cm³/mol. The van der Waals surface area contributed by atoms with Crippen LogP contribution in [-0.4, -0.2) is 19.5 Å². The largest absolute Gasteiger partial charge is 0.307 e. The Kier molecular flexibility index (Phi) is 7.50. The van der Waals surface area contributed by atoms with E-state index in [1.54, 1.807) is 0 Å². The van der Waals surface area contributed by atoms with Gasteiger partial charge in [0, 0.05) is 65.8 Å². The third kappa shape index (κ3) is 5.10. The first-order valence-corrected chi connectivity index (χ1v) is 20.6. The summed E-state index contributed by atoms with van der Waals surface area (Å²) in [6.45, 7) is 0. The highest BCUT2D eigenvalue weighted by atomic mass is 32.1. The molecule has 4 heterocycles. The van der Waals surface area contributed by atoms with Crippen LogP contribution in [0, 0.1) is 0 Å². The van der Waals surface area contributed by atoms with Crippen molar-refractivity contribution in [1.82, 2.24) is 19.5 Å². The summed E-state index contributed by atoms with van der Waals surface area (Å²) >= 11 is 1.88. The maximum atomic E-state index is 5.16. The summed E-state index contributed by atoms with van der Waals surface area (Å²) in [7, 11) is 0. The van der Waals surface area contributed by atoms with Gasteiger partial charge in [0.1, 0.15) is 0 Å². The Morgan fingerprint density at radius 1 is 0.517 bits per heavy atom. The zero-order valence-electron chi connectivity index (χ0n) is 31.4. The van der Waals surface area contributed by atoms with Gasteiger partial charge >= 0.3 is 0 Å². The number of hydrogen-bond acceptors (Lipinski definition) is 4. The summed E-state index contributed by atoms with van der Waals surface area (Å²) in [5.41, 5.74) is 13.4. The Hall–Kier alpha value is -7.21. The fourth-order valence-corrected chi connectivity index (χ4v) is 10.4. The Labute approximate surface area is 339 Å². The molecule has 0 bridgehead atoms. The van der Waals surface area contributed by atoms with Crippen LogP contribution in [0.3, 0.4) is 0 Å². The molecule has 0 fully saturated rings. The molecule has 1 aliphatic rings. The number of fused-ring (bicyclic) bond motifs is 12. The van der Waals surface area contributed by atoms with E-state index in [9.17, 15) is 0 Å². The molecule has 5 heteroatoms. The van der Waals surface area contributed by atoms with Crippen LogP contribution in [0.15, 0.2) is 176 Å². The molecule has 0 amide bonds. The van der Waals surface area contributed by atoms with E-state index in [-0.39, 0.29) is 0 Å². The van der Waals surface area contributed by atoms with Gasteiger partial charge in [-0.15, -0.1) is 11.3 Å². The van der Waals surface area contributed by atoms with Crippen LogP contribution in [-0.2, 0) is 6.42 Å². The van der Waals surface area contributed by atoms with Gasteiger partial charge in [-0.2, -0.15) is 0 Å². The molecule has 0 N–H and O–H groups in total. The van der Waals surface area contributed by atoms with Crippen molar-refractivity contribution in [1.29, 1.82) is 0 Å². The highest BCUT2D eigenvalue weighted by Crippen LogP contribution is 2.50. The molecule has 272 valence electrons. The maximum Gasteiger partial charge on any atom is 0.160 e. The van der Waals surface area contributed by atoms with E-state index >= 15 is 0 Å². The Morgan fingerprint density at radius 2 is 1.19 bits per heavy atom. The highest BCUT2D eigenvalue weighted by molar-refractivity contribution is 7.26. The molecule has 11 aromatic rings. The molecule has 7 aromatic carbocycles. The second-order valence-corrected chi connectivity index (χ2v) is 16.1. The molecule has 0 saturated heterocycles. The Balaban J connectivity index is 1.17. The van der Waals surface area contributed by atoms with E-state index in [1.807, 2.05) is 35.7 Å². The number of benzene rings is 7. The SMILES string of the molecule is C1=Cc2c(c3c4cc(-c5ccccn5)c5c6ccccc6sc5c4n(-c4ccc(-c5nc(-c6ccccc6)cc(-c6ccccc6)n5)cc4)c3c3ccccc23)CC1. The van der Waals surface area contributed by atoms with E-state index in [2.05, 4.69) is 162 Å². The number of rotatable bonds is 5. The predicted octanol–water partition coefficient (Wildman–Crippen LogP) is 14.1. The zero-order chi connectivity index (χ0) is 38.2. The van der Waals surface area contributed by atoms with Gasteiger partial charge < -0.3 is 4.57 Å². The van der Waals surface area contributed by atoms with Crippen molar-refractivity contribution in [3.8, 4) is 50.8 Å². The number of allylic oxidation sites excluding steroid dienone is 1. The minimum Gasteiger partial charge on any atom is -0.307 e. The molecule has 0 unspecified atom stereocenters. The van der Waals surface area contributed by atoms with Crippen molar-refractivity contribution in [2.45, 2.75) is 12.8 Å². The first-order chi connectivity index (χ1) is 28.8. The van der Waals surface area contributed by atoms with Gasteiger partial charge in [0.25, 0.3) is 0 Å². The second-order valence-electron chi connectivity index (χ2n) is 15.0. The van der Waals surface area contributed by atoms with Gasteiger partial charge in [-0.1, -0.05) is 121 Å². The summed E-state index contributed by atoms with van der Waals surface area (Å²) < 4.78 is 5.09. The molecule has 4 nitrogen and oxygen atoms in total. The van der Waals surface area contributed by atoms with Crippen molar-refractivity contribution >= 4 is 70.2 Å². The van der Waals surface area contributed by atoms with Crippen LogP contribution < -0.4 is 0 Å². The van der Waals surface area contributed by atoms with Gasteiger partial charge in [-0.3, -0.25) is 4.98 Å². The Morgan fingerprint density at radius 3 is 1.91 bits per heavy atom. The summed E-state index contributed by atoms with van der Waals surface area (Å²) in [6.07, 6.45) is 8.61. The third-order valence-electron chi connectivity index (χ3n) is 11.7. The fraction of sp³-hybridized carbons (Fsp3) is 0.0377. The van der Waals surface area contributed by atoms with Crippen molar-refractivity contribution < 1.29 is 0 Å². The Bertz CT molecular complexity index is 3360. The smallest absolute Gasteiger partial charge is 0.160 e. The topological polar surface area (TPSA) is 43.6 Å². The molecule has 0 aliphatic heterocycles. The average Bonchev–Trinajstić information content (AvgIpc) is 3.87. The van der Waals surface area contributed by atoms with Crippen LogP contribution in [0.1, 0.15) is 17.5 Å². The molecule has 0 atom stereocenters. The summed E-state index contributed by atoms with van der Waals surface area (Å²) in [4.78, 5) is 15.3. The molecule has 0 spiro atoms. The number of aryl methyl sites for hydroxylation is 1. The van der Waals surface area contributed by atoms with Gasteiger partial charge in [0.15, 0.2) is 5.82 Å². The van der Waals surface area contributed by atoms with Crippen LogP contribution in [0.5, 0.6) is 0 Å². The molecule has 0 saturated carbocycles. The number of nitrogens with zero attached hydrogens (tertiary/aromatic N) is 4. The van der Waals surface area contributed by atoms with E-state index in [0.29, 0.717) is 5.82 Å².